The summed E-state index contributed by atoms with van der Waals surface area (Å²) in [6.45, 7) is 4.23. The van der Waals surface area contributed by atoms with Gasteiger partial charge in [0.15, 0.2) is 0 Å². The van der Waals surface area contributed by atoms with Crippen molar-refractivity contribution in [3.05, 3.63) is 30.3 Å². The van der Waals surface area contributed by atoms with E-state index >= 15 is 0 Å². The summed E-state index contributed by atoms with van der Waals surface area (Å²) in [6, 6.07) is 9.29. The lowest BCUT2D eigenvalue weighted by Crippen LogP contribution is -1.96. The maximum Gasteiger partial charge on any atom is 0.405 e. The average Bonchev–Trinajstić information content (AvgIpc) is 2.37. The van der Waals surface area contributed by atoms with E-state index in [9.17, 15) is 4.57 Å². The van der Waals surface area contributed by atoms with Crippen LogP contribution in [0, 0.1) is 11.6 Å². The highest BCUT2D eigenvalue weighted by Crippen LogP contribution is 2.46. The van der Waals surface area contributed by atoms with Crippen LogP contribution in [0.2, 0.25) is 0 Å². The second-order valence-electron chi connectivity index (χ2n) is 3.22. The summed E-state index contributed by atoms with van der Waals surface area (Å²) >= 11 is 0. The lowest BCUT2D eigenvalue weighted by atomic mass is 10.3. The van der Waals surface area contributed by atoms with Crippen molar-refractivity contribution in [2.24, 2.45) is 0 Å². The van der Waals surface area contributed by atoms with Gasteiger partial charge in [-0.3, -0.25) is 9.05 Å². The van der Waals surface area contributed by atoms with Crippen LogP contribution in [-0.2, 0) is 13.6 Å². The number of hydrogen-bond donors (Lipinski definition) is 0. The van der Waals surface area contributed by atoms with Gasteiger partial charge in [-0.2, -0.15) is 0 Å². The van der Waals surface area contributed by atoms with Gasteiger partial charge in [0.1, 0.15) is 12.4 Å². The van der Waals surface area contributed by atoms with Gasteiger partial charge in [0.2, 0.25) is 0 Å². The summed E-state index contributed by atoms with van der Waals surface area (Å²) in [5.41, 5.74) is 2.50. The third kappa shape index (κ3) is 5.37. The first-order valence-corrected chi connectivity index (χ1v) is 7.31. The van der Waals surface area contributed by atoms with Gasteiger partial charge in [-0.1, -0.05) is 18.2 Å². The lowest BCUT2D eigenvalue weighted by Gasteiger charge is -2.09. The summed E-state index contributed by atoms with van der Waals surface area (Å²) in [6.07, 6.45) is 0. The Kier molecular flexibility index (Phi) is 6.53. The summed E-state index contributed by atoms with van der Waals surface area (Å²) in [5.74, 6) is 3.38. The number of hydrogen-bond acceptors (Lipinski definition) is 4. The first kappa shape index (κ1) is 14.8. The van der Waals surface area contributed by atoms with E-state index in [4.69, 9.17) is 13.8 Å². The molecule has 0 radical (unpaired) electrons. The van der Waals surface area contributed by atoms with Crippen LogP contribution in [-0.4, -0.2) is 19.8 Å². The zero-order valence-electron chi connectivity index (χ0n) is 10.6. The molecule has 0 amide bonds. The molecule has 0 saturated carbocycles. The molecule has 0 fully saturated rings. The Hall–Kier alpha value is -1.27. The predicted molar refractivity (Wildman–Crippen MR) is 70.6 cm³/mol. The van der Waals surface area contributed by atoms with Crippen LogP contribution in [0.3, 0.4) is 0 Å². The molecular weight excluding hydrogens is 251 g/mol. The lowest BCUT2D eigenvalue weighted by molar-refractivity contribution is 0.230. The normalized spacial score (nSPS) is 10.6. The molecule has 0 aliphatic carbocycles. The largest absolute Gasteiger partial charge is 0.481 e. The second-order valence-corrected chi connectivity index (χ2v) is 4.96. The van der Waals surface area contributed by atoms with Crippen molar-refractivity contribution in [2.75, 3.05) is 19.8 Å². The number of ether oxygens (including phenoxy) is 1. The van der Waals surface area contributed by atoms with Gasteiger partial charge in [0.25, 0.3) is 0 Å². The topological polar surface area (TPSA) is 44.8 Å². The van der Waals surface area contributed by atoms with Gasteiger partial charge in [-0.25, -0.2) is 4.57 Å². The minimum absolute atomic E-state index is 0.147. The van der Waals surface area contributed by atoms with Crippen molar-refractivity contribution < 1.29 is 18.3 Å². The number of rotatable bonds is 6. The zero-order chi connectivity index (χ0) is 13.3. The molecule has 98 valence electrons. The molecule has 0 aliphatic rings. The quantitative estimate of drug-likeness (QED) is 0.586. The van der Waals surface area contributed by atoms with Gasteiger partial charge < -0.3 is 4.74 Å². The highest BCUT2D eigenvalue weighted by Gasteiger charge is 2.19. The predicted octanol–water partition coefficient (Wildman–Crippen LogP) is 3.29. The highest BCUT2D eigenvalue weighted by molar-refractivity contribution is 7.59. The van der Waals surface area contributed by atoms with Crippen LogP contribution in [0.25, 0.3) is 0 Å². The summed E-state index contributed by atoms with van der Waals surface area (Å²) < 4.78 is 27.4. The number of para-hydroxylation sites is 1. The Morgan fingerprint density at radius 2 is 1.72 bits per heavy atom. The Morgan fingerprint density at radius 1 is 1.11 bits per heavy atom. The molecule has 5 heteroatoms. The van der Waals surface area contributed by atoms with Crippen LogP contribution in [0.15, 0.2) is 30.3 Å². The molecule has 18 heavy (non-hydrogen) atoms. The van der Waals surface area contributed by atoms with Crippen molar-refractivity contribution in [3.8, 4) is 17.3 Å². The van der Waals surface area contributed by atoms with E-state index in [0.717, 1.165) is 5.75 Å². The summed E-state index contributed by atoms with van der Waals surface area (Å²) in [4.78, 5) is 0. The molecular formula is C13H17O4P. The molecule has 0 spiro atoms. The van der Waals surface area contributed by atoms with Gasteiger partial charge in [0, 0.05) is 5.66 Å². The zero-order valence-corrected chi connectivity index (χ0v) is 11.5. The molecule has 0 unspecified atom stereocenters. The average molecular weight is 268 g/mol. The van der Waals surface area contributed by atoms with Crippen LogP contribution in [0.1, 0.15) is 13.8 Å². The monoisotopic (exact) mass is 268 g/mol. The third-order valence-corrected chi connectivity index (χ3v) is 3.50. The Balaban J connectivity index is 2.51. The summed E-state index contributed by atoms with van der Waals surface area (Å²) in [7, 11) is -3.28. The molecule has 0 heterocycles. The van der Waals surface area contributed by atoms with Crippen molar-refractivity contribution in [2.45, 2.75) is 13.8 Å². The summed E-state index contributed by atoms with van der Waals surface area (Å²) in [5, 5.41) is 0. The maximum absolute atomic E-state index is 12.0. The van der Waals surface area contributed by atoms with E-state index in [-0.39, 0.29) is 6.61 Å². The molecule has 0 N–H and O–H groups in total. The first-order chi connectivity index (χ1) is 8.70. The van der Waals surface area contributed by atoms with Crippen LogP contribution in [0.5, 0.6) is 5.75 Å². The van der Waals surface area contributed by atoms with Gasteiger partial charge in [-0.15, -0.1) is 0 Å². The molecule has 1 aromatic rings. The molecule has 0 saturated heterocycles. The van der Waals surface area contributed by atoms with Crippen LogP contribution in [0.4, 0.5) is 0 Å². The van der Waals surface area contributed by atoms with Crippen molar-refractivity contribution in [1.82, 2.24) is 0 Å². The number of benzene rings is 1. The minimum Gasteiger partial charge on any atom is -0.481 e. The highest BCUT2D eigenvalue weighted by atomic mass is 31.2. The molecule has 0 aliphatic heterocycles. The Bertz CT molecular complexity index is 437. The molecule has 0 aromatic heterocycles. The standard InChI is InChI=1S/C13H17O4P/c1-3-16-18(14,17-4-2)12-8-11-15-13-9-6-5-7-10-13/h5-7,9-10H,3-4,11H2,1-2H3. The molecule has 4 nitrogen and oxygen atoms in total. The van der Waals surface area contributed by atoms with Gasteiger partial charge >= 0.3 is 7.60 Å². The first-order valence-electron chi connectivity index (χ1n) is 5.77. The van der Waals surface area contributed by atoms with Gasteiger partial charge in [-0.05, 0) is 31.9 Å². The van der Waals surface area contributed by atoms with Gasteiger partial charge in [0.05, 0.1) is 13.2 Å². The maximum atomic E-state index is 12.0. The van der Waals surface area contributed by atoms with E-state index in [1.807, 2.05) is 30.3 Å². The fraction of sp³-hybridized carbons (Fsp3) is 0.385. The Labute approximate surface area is 108 Å². The molecule has 1 aromatic carbocycles. The van der Waals surface area contributed by atoms with Crippen molar-refractivity contribution >= 4 is 7.60 Å². The van der Waals surface area contributed by atoms with Crippen molar-refractivity contribution in [3.63, 3.8) is 0 Å². The van der Waals surface area contributed by atoms with E-state index in [0.29, 0.717) is 13.2 Å². The van der Waals surface area contributed by atoms with E-state index in [1.54, 1.807) is 13.8 Å². The van der Waals surface area contributed by atoms with Crippen molar-refractivity contribution in [1.29, 1.82) is 0 Å². The minimum atomic E-state index is -3.28. The Morgan fingerprint density at radius 3 is 2.28 bits per heavy atom. The van der Waals surface area contributed by atoms with E-state index in [2.05, 4.69) is 11.6 Å². The molecule has 1 rings (SSSR count). The van der Waals surface area contributed by atoms with E-state index in [1.165, 1.54) is 0 Å². The fourth-order valence-electron chi connectivity index (χ4n) is 1.21. The fourth-order valence-corrected chi connectivity index (χ4v) is 2.35. The van der Waals surface area contributed by atoms with E-state index < -0.39 is 7.60 Å². The smallest absolute Gasteiger partial charge is 0.405 e. The molecule has 0 bridgehead atoms. The SMILES string of the molecule is CCOP(=O)(C#CCOc1ccccc1)OCC. The third-order valence-electron chi connectivity index (χ3n) is 1.87. The van der Waals surface area contributed by atoms with Crippen LogP contribution < -0.4 is 4.74 Å². The van der Waals surface area contributed by atoms with Crippen LogP contribution >= 0.6 is 7.60 Å². The second kappa shape index (κ2) is 7.94. The molecule has 0 atom stereocenters.